The summed E-state index contributed by atoms with van der Waals surface area (Å²) < 4.78 is 0. The second-order valence-corrected chi connectivity index (χ2v) is 8.35. The van der Waals surface area contributed by atoms with Crippen molar-refractivity contribution in [1.29, 1.82) is 0 Å². The van der Waals surface area contributed by atoms with E-state index in [1.165, 1.54) is 16.2 Å². The zero-order valence-electron chi connectivity index (χ0n) is 12.8. The Bertz CT molecular complexity index is 1050. The van der Waals surface area contributed by atoms with Crippen molar-refractivity contribution in [3.8, 4) is 10.4 Å². The van der Waals surface area contributed by atoms with Crippen LogP contribution < -0.4 is 5.56 Å². The van der Waals surface area contributed by atoms with Gasteiger partial charge in [0.2, 0.25) is 0 Å². The van der Waals surface area contributed by atoms with E-state index in [4.69, 9.17) is 0 Å². The molecule has 4 heterocycles. The van der Waals surface area contributed by atoms with Crippen LogP contribution in [0.4, 0.5) is 0 Å². The lowest BCUT2D eigenvalue weighted by Gasteiger charge is -2.01. The molecule has 0 aromatic carbocycles. The van der Waals surface area contributed by atoms with Crippen LogP contribution >= 0.6 is 34.4 Å². The number of pyridine rings is 1. The largest absolute Gasteiger partial charge is 0.309 e. The normalized spacial score (nSPS) is 11.2. The highest BCUT2D eigenvalue weighted by Gasteiger charge is 2.14. The summed E-state index contributed by atoms with van der Waals surface area (Å²) in [5.41, 5.74) is 0.907. The molecule has 0 aliphatic heterocycles. The van der Waals surface area contributed by atoms with E-state index in [9.17, 15) is 4.79 Å². The van der Waals surface area contributed by atoms with E-state index in [0.717, 1.165) is 20.3 Å². The number of thioether (sulfide) groups is 1. The number of hydrogen-bond donors (Lipinski definition) is 1. The van der Waals surface area contributed by atoms with Crippen LogP contribution in [0.25, 0.3) is 20.7 Å². The third kappa shape index (κ3) is 3.02. The molecule has 0 atom stereocenters. The molecule has 0 spiro atoms. The number of aromatic amines is 1. The molecule has 0 bridgehead atoms. The van der Waals surface area contributed by atoms with Crippen molar-refractivity contribution in [3.05, 3.63) is 63.0 Å². The van der Waals surface area contributed by atoms with E-state index >= 15 is 0 Å². The van der Waals surface area contributed by atoms with E-state index in [2.05, 4.69) is 34.0 Å². The zero-order chi connectivity index (χ0) is 16.5. The molecule has 7 heteroatoms. The fourth-order valence-corrected chi connectivity index (χ4v) is 5.05. The Hall–Kier alpha value is -1.96. The average molecular weight is 372 g/mol. The molecule has 0 radical (unpaired) electrons. The average Bonchev–Trinajstić information content (AvgIpc) is 3.20. The number of aromatic nitrogens is 3. The third-order valence-electron chi connectivity index (χ3n) is 3.49. The van der Waals surface area contributed by atoms with Gasteiger partial charge in [-0.2, -0.15) is 0 Å². The summed E-state index contributed by atoms with van der Waals surface area (Å²) >= 11 is 4.77. The molecule has 4 nitrogen and oxygen atoms in total. The topological polar surface area (TPSA) is 58.6 Å². The lowest BCUT2D eigenvalue weighted by molar-refractivity contribution is 1.04. The van der Waals surface area contributed by atoms with Crippen molar-refractivity contribution in [2.45, 2.75) is 17.7 Å². The van der Waals surface area contributed by atoms with Gasteiger partial charge in [0.05, 0.1) is 16.2 Å². The number of fused-ring (bicyclic) bond motifs is 1. The van der Waals surface area contributed by atoms with Gasteiger partial charge in [-0.05, 0) is 31.2 Å². The number of H-pyrrole nitrogens is 1. The van der Waals surface area contributed by atoms with Gasteiger partial charge < -0.3 is 4.98 Å². The van der Waals surface area contributed by atoms with Crippen molar-refractivity contribution in [2.24, 2.45) is 0 Å². The quantitative estimate of drug-likeness (QED) is 0.528. The molecule has 4 rings (SSSR count). The summed E-state index contributed by atoms with van der Waals surface area (Å²) in [5.74, 6) is 1.27. The summed E-state index contributed by atoms with van der Waals surface area (Å²) in [5, 5.41) is 3.63. The highest BCUT2D eigenvalue weighted by Crippen LogP contribution is 2.35. The Labute approximate surface area is 150 Å². The Kier molecular flexibility index (Phi) is 4.22. The van der Waals surface area contributed by atoms with Gasteiger partial charge in [-0.1, -0.05) is 17.8 Å². The number of nitrogens with zero attached hydrogens (tertiary/aromatic N) is 2. The minimum absolute atomic E-state index is 0.0704. The van der Waals surface area contributed by atoms with Crippen LogP contribution in [0.1, 0.15) is 10.7 Å². The van der Waals surface area contributed by atoms with Gasteiger partial charge in [0.25, 0.3) is 5.56 Å². The fourth-order valence-electron chi connectivity index (χ4n) is 2.40. The predicted octanol–water partition coefficient (Wildman–Crippen LogP) is 4.71. The van der Waals surface area contributed by atoms with Crippen molar-refractivity contribution in [1.82, 2.24) is 15.0 Å². The number of thiophene rings is 2. The number of nitrogens with one attached hydrogen (secondary N) is 1. The molecule has 0 unspecified atom stereocenters. The van der Waals surface area contributed by atoms with E-state index in [-0.39, 0.29) is 5.56 Å². The van der Waals surface area contributed by atoms with Crippen LogP contribution in [0, 0.1) is 6.92 Å². The van der Waals surface area contributed by atoms with Gasteiger partial charge >= 0.3 is 0 Å². The zero-order valence-corrected chi connectivity index (χ0v) is 15.2. The van der Waals surface area contributed by atoms with E-state index in [1.54, 1.807) is 29.3 Å². The van der Waals surface area contributed by atoms with Crippen molar-refractivity contribution in [2.75, 3.05) is 0 Å². The fraction of sp³-hybridized carbons (Fsp3) is 0.118. The molecular formula is C17H13N3OS3. The summed E-state index contributed by atoms with van der Waals surface area (Å²) in [6, 6.07) is 9.91. The van der Waals surface area contributed by atoms with Gasteiger partial charge in [0.1, 0.15) is 10.7 Å². The molecule has 0 fully saturated rings. The van der Waals surface area contributed by atoms with Crippen LogP contribution in [-0.2, 0) is 5.75 Å². The first-order valence-electron chi connectivity index (χ1n) is 7.32. The maximum Gasteiger partial charge on any atom is 0.260 e. The third-order valence-corrected chi connectivity index (χ3v) is 6.35. The number of rotatable bonds is 4. The first-order chi connectivity index (χ1) is 11.7. The molecular weight excluding hydrogens is 358 g/mol. The van der Waals surface area contributed by atoms with Crippen molar-refractivity contribution >= 4 is 44.7 Å². The Morgan fingerprint density at radius 3 is 2.92 bits per heavy atom. The highest BCUT2D eigenvalue weighted by molar-refractivity contribution is 7.98. The predicted molar refractivity (Wildman–Crippen MR) is 102 cm³/mol. The molecule has 120 valence electrons. The van der Waals surface area contributed by atoms with Gasteiger partial charge in [-0.3, -0.25) is 4.79 Å². The molecule has 0 amide bonds. The Morgan fingerprint density at radius 2 is 2.17 bits per heavy atom. The number of aryl methyl sites for hydroxylation is 1. The molecule has 0 saturated carbocycles. The van der Waals surface area contributed by atoms with Gasteiger partial charge in [-0.25, -0.2) is 9.97 Å². The lowest BCUT2D eigenvalue weighted by atomic mass is 10.2. The van der Waals surface area contributed by atoms with Crippen LogP contribution in [0.3, 0.4) is 0 Å². The first-order valence-corrected chi connectivity index (χ1v) is 10.00. The first kappa shape index (κ1) is 15.6. The maximum absolute atomic E-state index is 12.6. The molecule has 4 aromatic heterocycles. The van der Waals surface area contributed by atoms with Gasteiger partial charge in [0, 0.05) is 26.9 Å². The van der Waals surface area contributed by atoms with E-state index in [0.29, 0.717) is 17.0 Å². The van der Waals surface area contributed by atoms with Gasteiger partial charge in [0.15, 0.2) is 0 Å². The smallest absolute Gasteiger partial charge is 0.260 e. The molecule has 24 heavy (non-hydrogen) atoms. The van der Waals surface area contributed by atoms with Crippen molar-refractivity contribution in [3.63, 3.8) is 0 Å². The Morgan fingerprint density at radius 1 is 1.25 bits per heavy atom. The van der Waals surface area contributed by atoms with E-state index < -0.39 is 0 Å². The molecule has 4 aromatic rings. The second-order valence-electron chi connectivity index (χ2n) is 5.21. The molecule has 0 aliphatic carbocycles. The summed E-state index contributed by atoms with van der Waals surface area (Å²) in [7, 11) is 0. The lowest BCUT2D eigenvalue weighted by Crippen LogP contribution is -2.10. The minimum Gasteiger partial charge on any atom is -0.309 e. The van der Waals surface area contributed by atoms with Crippen LogP contribution in [0.5, 0.6) is 0 Å². The SMILES string of the molecule is Cc1ccc(-c2csc3nc(CSc4ccccn4)[nH]c(=O)c23)s1. The summed E-state index contributed by atoms with van der Waals surface area (Å²) in [6.45, 7) is 2.07. The van der Waals surface area contributed by atoms with E-state index in [1.807, 2.05) is 23.6 Å². The van der Waals surface area contributed by atoms with Crippen molar-refractivity contribution < 1.29 is 0 Å². The summed E-state index contributed by atoms with van der Waals surface area (Å²) in [4.78, 5) is 27.5. The highest BCUT2D eigenvalue weighted by atomic mass is 32.2. The second kappa shape index (κ2) is 6.51. The molecule has 0 aliphatic rings. The standard InChI is InChI=1S/C17H13N3OS3/c1-10-5-6-12(24-10)11-8-23-17-15(11)16(21)19-13(20-17)9-22-14-4-2-3-7-18-14/h2-8H,9H2,1H3,(H,19,20,21). The molecule has 0 saturated heterocycles. The summed E-state index contributed by atoms with van der Waals surface area (Å²) in [6.07, 6.45) is 1.76. The monoisotopic (exact) mass is 371 g/mol. The Balaban J connectivity index is 1.67. The van der Waals surface area contributed by atoms with Gasteiger partial charge in [-0.15, -0.1) is 22.7 Å². The minimum atomic E-state index is -0.0704. The maximum atomic E-state index is 12.6. The van der Waals surface area contributed by atoms with Crippen LogP contribution in [-0.4, -0.2) is 15.0 Å². The number of hydrogen-bond acceptors (Lipinski definition) is 6. The van der Waals surface area contributed by atoms with Crippen LogP contribution in [0.15, 0.2) is 51.7 Å². The van der Waals surface area contributed by atoms with Crippen LogP contribution in [0.2, 0.25) is 0 Å². The molecule has 1 N–H and O–H groups in total.